The standard InChI is InChI=1S/C14H17BrN4/c1-4-6-17-14-12(15)10(3)18-13(19-14)11-5-7-16-8-9(11)2/h5,7-8H,4,6H2,1-3H3,(H,17,18,19). The second-order valence-corrected chi connectivity index (χ2v) is 5.21. The predicted molar refractivity (Wildman–Crippen MR) is 81.2 cm³/mol. The minimum atomic E-state index is 0.735. The van der Waals surface area contributed by atoms with Gasteiger partial charge in [0, 0.05) is 24.5 Å². The first-order valence-corrected chi connectivity index (χ1v) is 7.11. The summed E-state index contributed by atoms with van der Waals surface area (Å²) in [6.45, 7) is 7.01. The van der Waals surface area contributed by atoms with Gasteiger partial charge in [0.15, 0.2) is 5.82 Å². The first kappa shape index (κ1) is 13.9. The molecular formula is C14H17BrN4. The second kappa shape index (κ2) is 6.10. The number of rotatable bonds is 4. The Morgan fingerprint density at radius 3 is 2.74 bits per heavy atom. The maximum Gasteiger partial charge on any atom is 0.162 e. The summed E-state index contributed by atoms with van der Waals surface area (Å²) < 4.78 is 0.927. The van der Waals surface area contributed by atoms with E-state index in [4.69, 9.17) is 0 Å². The summed E-state index contributed by atoms with van der Waals surface area (Å²) in [5.41, 5.74) is 3.02. The van der Waals surface area contributed by atoms with Crippen molar-refractivity contribution < 1.29 is 0 Å². The highest BCUT2D eigenvalue weighted by Gasteiger charge is 2.11. The maximum absolute atomic E-state index is 4.60. The van der Waals surface area contributed by atoms with Crippen molar-refractivity contribution in [1.82, 2.24) is 15.0 Å². The molecule has 0 aliphatic heterocycles. The van der Waals surface area contributed by atoms with E-state index in [1.54, 1.807) is 6.20 Å². The fourth-order valence-electron chi connectivity index (χ4n) is 1.76. The number of nitrogens with zero attached hydrogens (tertiary/aromatic N) is 3. The molecule has 0 saturated heterocycles. The SMILES string of the molecule is CCCNc1nc(-c2ccncc2C)nc(C)c1Br. The Balaban J connectivity index is 2.47. The molecule has 0 atom stereocenters. The average Bonchev–Trinajstić information content (AvgIpc) is 2.41. The third-order valence-electron chi connectivity index (χ3n) is 2.82. The van der Waals surface area contributed by atoms with Gasteiger partial charge in [-0.2, -0.15) is 0 Å². The number of aryl methyl sites for hydroxylation is 2. The molecule has 2 aromatic heterocycles. The molecule has 2 heterocycles. The zero-order chi connectivity index (χ0) is 13.8. The first-order valence-electron chi connectivity index (χ1n) is 6.32. The molecule has 0 aliphatic carbocycles. The van der Waals surface area contributed by atoms with Gasteiger partial charge in [-0.25, -0.2) is 9.97 Å². The molecule has 0 aliphatic rings. The minimum Gasteiger partial charge on any atom is -0.369 e. The van der Waals surface area contributed by atoms with Gasteiger partial charge >= 0.3 is 0 Å². The summed E-state index contributed by atoms with van der Waals surface area (Å²) in [6, 6.07) is 1.95. The van der Waals surface area contributed by atoms with Gasteiger partial charge in [-0.1, -0.05) is 6.92 Å². The summed E-state index contributed by atoms with van der Waals surface area (Å²) in [4.78, 5) is 13.3. The zero-order valence-corrected chi connectivity index (χ0v) is 13.0. The number of aromatic nitrogens is 3. The second-order valence-electron chi connectivity index (χ2n) is 4.41. The lowest BCUT2D eigenvalue weighted by Crippen LogP contribution is -2.06. The van der Waals surface area contributed by atoms with Crippen molar-refractivity contribution in [3.05, 3.63) is 34.2 Å². The van der Waals surface area contributed by atoms with Crippen LogP contribution in [0.25, 0.3) is 11.4 Å². The Labute approximate surface area is 121 Å². The van der Waals surface area contributed by atoms with E-state index in [9.17, 15) is 0 Å². The Morgan fingerprint density at radius 2 is 2.05 bits per heavy atom. The Hall–Kier alpha value is -1.49. The van der Waals surface area contributed by atoms with Crippen molar-refractivity contribution in [3.8, 4) is 11.4 Å². The van der Waals surface area contributed by atoms with Gasteiger partial charge in [-0.05, 0) is 47.8 Å². The molecule has 0 spiro atoms. The van der Waals surface area contributed by atoms with E-state index in [0.29, 0.717) is 0 Å². The summed E-state index contributed by atoms with van der Waals surface area (Å²) in [5.74, 6) is 1.58. The van der Waals surface area contributed by atoms with Gasteiger partial charge < -0.3 is 5.32 Å². The third-order valence-corrected chi connectivity index (χ3v) is 3.77. The van der Waals surface area contributed by atoms with Crippen molar-refractivity contribution in [2.75, 3.05) is 11.9 Å². The van der Waals surface area contributed by atoms with E-state index < -0.39 is 0 Å². The molecule has 19 heavy (non-hydrogen) atoms. The zero-order valence-electron chi connectivity index (χ0n) is 11.4. The fraction of sp³-hybridized carbons (Fsp3) is 0.357. The van der Waals surface area contributed by atoms with E-state index in [2.05, 4.69) is 43.1 Å². The molecule has 100 valence electrons. The van der Waals surface area contributed by atoms with Gasteiger partial charge in [0.1, 0.15) is 5.82 Å². The van der Waals surface area contributed by atoms with Gasteiger partial charge in [0.25, 0.3) is 0 Å². The first-order chi connectivity index (χ1) is 9.13. The molecular weight excluding hydrogens is 304 g/mol. The molecule has 0 unspecified atom stereocenters. The topological polar surface area (TPSA) is 50.7 Å². The fourth-order valence-corrected chi connectivity index (χ4v) is 2.08. The lowest BCUT2D eigenvalue weighted by atomic mass is 10.1. The highest BCUT2D eigenvalue weighted by atomic mass is 79.9. The monoisotopic (exact) mass is 320 g/mol. The molecule has 2 aromatic rings. The van der Waals surface area contributed by atoms with Gasteiger partial charge in [0.05, 0.1) is 10.2 Å². The lowest BCUT2D eigenvalue weighted by molar-refractivity contribution is 0.958. The molecule has 0 saturated carbocycles. The van der Waals surface area contributed by atoms with Crippen LogP contribution in [0.4, 0.5) is 5.82 Å². The van der Waals surface area contributed by atoms with Crippen LogP contribution in [0, 0.1) is 13.8 Å². The van der Waals surface area contributed by atoms with Crippen LogP contribution in [-0.2, 0) is 0 Å². The average molecular weight is 321 g/mol. The highest BCUT2D eigenvalue weighted by molar-refractivity contribution is 9.10. The van der Waals surface area contributed by atoms with Crippen molar-refractivity contribution >= 4 is 21.7 Å². The predicted octanol–water partition coefficient (Wildman–Crippen LogP) is 3.74. The largest absolute Gasteiger partial charge is 0.369 e. The molecule has 1 N–H and O–H groups in total. The van der Waals surface area contributed by atoms with Crippen LogP contribution in [0.15, 0.2) is 22.9 Å². The van der Waals surface area contributed by atoms with E-state index >= 15 is 0 Å². The van der Waals surface area contributed by atoms with Crippen molar-refractivity contribution in [2.45, 2.75) is 27.2 Å². The van der Waals surface area contributed by atoms with E-state index in [-0.39, 0.29) is 0 Å². The van der Waals surface area contributed by atoms with Crippen LogP contribution in [-0.4, -0.2) is 21.5 Å². The lowest BCUT2D eigenvalue weighted by Gasteiger charge is -2.11. The molecule has 2 rings (SSSR count). The molecule has 0 radical (unpaired) electrons. The normalized spacial score (nSPS) is 10.5. The number of hydrogen-bond donors (Lipinski definition) is 1. The summed E-state index contributed by atoms with van der Waals surface area (Å²) in [6.07, 6.45) is 4.65. The van der Waals surface area contributed by atoms with Gasteiger partial charge in [-0.3, -0.25) is 4.98 Å². The Bertz CT molecular complexity index is 584. The van der Waals surface area contributed by atoms with Crippen molar-refractivity contribution in [3.63, 3.8) is 0 Å². The van der Waals surface area contributed by atoms with Crippen LogP contribution < -0.4 is 5.32 Å². The molecule has 0 fully saturated rings. The molecule has 0 bridgehead atoms. The van der Waals surface area contributed by atoms with E-state index in [1.807, 2.05) is 26.1 Å². The third kappa shape index (κ3) is 3.10. The Morgan fingerprint density at radius 1 is 1.26 bits per heavy atom. The number of pyridine rings is 1. The quantitative estimate of drug-likeness (QED) is 0.932. The number of halogens is 1. The van der Waals surface area contributed by atoms with Crippen LogP contribution in [0.1, 0.15) is 24.6 Å². The van der Waals surface area contributed by atoms with Crippen LogP contribution in [0.5, 0.6) is 0 Å². The minimum absolute atomic E-state index is 0.735. The summed E-state index contributed by atoms with van der Waals surface area (Å²) in [5, 5.41) is 3.32. The van der Waals surface area contributed by atoms with Crippen LogP contribution in [0.2, 0.25) is 0 Å². The maximum atomic E-state index is 4.60. The van der Waals surface area contributed by atoms with Crippen LogP contribution >= 0.6 is 15.9 Å². The number of hydrogen-bond acceptors (Lipinski definition) is 4. The number of anilines is 1. The van der Waals surface area contributed by atoms with Gasteiger partial charge in [-0.15, -0.1) is 0 Å². The highest BCUT2D eigenvalue weighted by Crippen LogP contribution is 2.27. The molecule has 0 amide bonds. The smallest absolute Gasteiger partial charge is 0.162 e. The number of nitrogens with one attached hydrogen (secondary N) is 1. The van der Waals surface area contributed by atoms with Crippen molar-refractivity contribution in [1.29, 1.82) is 0 Å². The molecule has 0 aromatic carbocycles. The van der Waals surface area contributed by atoms with E-state index in [0.717, 1.165) is 45.9 Å². The van der Waals surface area contributed by atoms with Crippen molar-refractivity contribution in [2.24, 2.45) is 0 Å². The summed E-state index contributed by atoms with van der Waals surface area (Å²) >= 11 is 3.54. The van der Waals surface area contributed by atoms with Gasteiger partial charge in [0.2, 0.25) is 0 Å². The van der Waals surface area contributed by atoms with E-state index in [1.165, 1.54) is 0 Å². The van der Waals surface area contributed by atoms with Crippen LogP contribution in [0.3, 0.4) is 0 Å². The Kier molecular flexibility index (Phi) is 4.47. The summed E-state index contributed by atoms with van der Waals surface area (Å²) in [7, 11) is 0. The molecule has 5 heteroatoms. The molecule has 4 nitrogen and oxygen atoms in total.